The Kier molecular flexibility index (Phi) is 4.56. The van der Waals surface area contributed by atoms with Crippen LogP contribution in [0, 0.1) is 3.57 Å². The maximum absolute atomic E-state index is 5.59. The molecule has 1 atom stereocenters. The third-order valence-electron chi connectivity index (χ3n) is 6.43. The van der Waals surface area contributed by atoms with Gasteiger partial charge in [-0.2, -0.15) is 0 Å². The van der Waals surface area contributed by atoms with Gasteiger partial charge in [0.1, 0.15) is 12.0 Å². The number of hydrogen-bond donors (Lipinski definition) is 0. The zero-order valence-electron chi connectivity index (χ0n) is 17.1. The molecule has 154 valence electrons. The molecule has 0 bridgehead atoms. The van der Waals surface area contributed by atoms with E-state index in [9.17, 15) is 0 Å². The van der Waals surface area contributed by atoms with Gasteiger partial charge in [-0.25, -0.2) is 9.97 Å². The Morgan fingerprint density at radius 3 is 2.71 bits per heavy atom. The Morgan fingerprint density at radius 2 is 1.97 bits per heavy atom. The van der Waals surface area contributed by atoms with E-state index in [1.807, 2.05) is 6.33 Å². The minimum absolute atomic E-state index is 0.0897. The number of nitrogens with zero attached hydrogens (tertiary/aromatic N) is 4. The highest BCUT2D eigenvalue weighted by Crippen LogP contribution is 2.40. The normalized spacial score (nSPS) is 18.0. The monoisotopic (exact) mass is 520 g/mol. The van der Waals surface area contributed by atoms with Crippen molar-refractivity contribution in [3.05, 3.63) is 87.3 Å². The van der Waals surface area contributed by atoms with Gasteiger partial charge in [-0.3, -0.25) is 9.56 Å². The Bertz CT molecular complexity index is 1300. The van der Waals surface area contributed by atoms with E-state index >= 15 is 0 Å². The van der Waals surface area contributed by atoms with Crippen LogP contribution in [0.25, 0.3) is 17.1 Å². The average molecular weight is 520 g/mol. The van der Waals surface area contributed by atoms with Crippen molar-refractivity contribution in [2.45, 2.75) is 38.1 Å². The first-order valence-corrected chi connectivity index (χ1v) is 11.7. The summed E-state index contributed by atoms with van der Waals surface area (Å²) in [5.74, 6) is 1.33. The van der Waals surface area contributed by atoms with Gasteiger partial charge in [-0.15, -0.1) is 0 Å². The molecule has 1 aliphatic carbocycles. The summed E-state index contributed by atoms with van der Waals surface area (Å²) in [6, 6.07) is 15.3. The maximum atomic E-state index is 5.59. The molecule has 4 aromatic rings. The fourth-order valence-electron chi connectivity index (χ4n) is 4.61. The number of aromatic nitrogens is 3. The Morgan fingerprint density at radius 1 is 1.10 bits per heavy atom. The minimum atomic E-state index is -0.0897. The first-order chi connectivity index (χ1) is 15.2. The van der Waals surface area contributed by atoms with Gasteiger partial charge in [-0.1, -0.05) is 30.7 Å². The summed E-state index contributed by atoms with van der Waals surface area (Å²) in [6.45, 7) is 2.13. The quantitative estimate of drug-likeness (QED) is 0.298. The highest BCUT2D eigenvalue weighted by molar-refractivity contribution is 14.1. The van der Waals surface area contributed by atoms with Crippen LogP contribution < -0.4 is 0 Å². The molecule has 0 amide bonds. The zero-order valence-corrected chi connectivity index (χ0v) is 19.3. The fourth-order valence-corrected chi connectivity index (χ4v) is 5.26. The van der Waals surface area contributed by atoms with Crippen LogP contribution in [0.2, 0.25) is 0 Å². The molecule has 0 spiro atoms. The Labute approximate surface area is 194 Å². The van der Waals surface area contributed by atoms with Crippen molar-refractivity contribution in [2.75, 3.05) is 0 Å². The molecule has 2 aliphatic rings. The van der Waals surface area contributed by atoms with Crippen LogP contribution in [-0.4, -0.2) is 20.2 Å². The van der Waals surface area contributed by atoms with Gasteiger partial charge in [0.15, 0.2) is 12.2 Å². The SMILES string of the molecule is C[C@H]1N=C(c2ccccc2I)c2cc(C3CCC3)ccc2-n2cnc(-c3cnco3)c21. The predicted molar refractivity (Wildman–Crippen MR) is 129 cm³/mol. The van der Waals surface area contributed by atoms with E-state index < -0.39 is 0 Å². The van der Waals surface area contributed by atoms with E-state index in [1.165, 1.54) is 45.9 Å². The largest absolute Gasteiger partial charge is 0.442 e. The number of rotatable bonds is 3. The molecule has 2 aromatic heterocycles. The molecule has 6 heteroatoms. The zero-order chi connectivity index (χ0) is 20.9. The molecule has 31 heavy (non-hydrogen) atoms. The molecule has 5 nitrogen and oxygen atoms in total. The molecule has 2 aromatic carbocycles. The van der Waals surface area contributed by atoms with Crippen molar-refractivity contribution in [3.63, 3.8) is 0 Å². The number of benzene rings is 2. The van der Waals surface area contributed by atoms with Crippen molar-refractivity contribution in [1.29, 1.82) is 0 Å². The highest BCUT2D eigenvalue weighted by atomic mass is 127. The summed E-state index contributed by atoms with van der Waals surface area (Å²) < 4.78 is 8.96. The number of imidazole rings is 1. The third kappa shape index (κ3) is 3.07. The van der Waals surface area contributed by atoms with E-state index in [-0.39, 0.29) is 6.04 Å². The predicted octanol–water partition coefficient (Wildman–Crippen LogP) is 6.31. The lowest BCUT2D eigenvalue weighted by atomic mass is 9.79. The second kappa shape index (κ2) is 7.44. The van der Waals surface area contributed by atoms with Crippen molar-refractivity contribution in [2.24, 2.45) is 4.99 Å². The number of hydrogen-bond acceptors (Lipinski definition) is 4. The highest BCUT2D eigenvalue weighted by Gasteiger charge is 2.29. The van der Waals surface area contributed by atoms with Crippen LogP contribution in [0.4, 0.5) is 0 Å². The van der Waals surface area contributed by atoms with E-state index in [4.69, 9.17) is 9.41 Å². The van der Waals surface area contributed by atoms with Crippen LogP contribution in [0.5, 0.6) is 0 Å². The first kappa shape index (κ1) is 19.0. The van der Waals surface area contributed by atoms with Crippen LogP contribution >= 0.6 is 22.6 Å². The topological polar surface area (TPSA) is 56.2 Å². The van der Waals surface area contributed by atoms with Gasteiger partial charge < -0.3 is 4.42 Å². The van der Waals surface area contributed by atoms with Gasteiger partial charge in [-0.05, 0) is 72.0 Å². The molecule has 0 unspecified atom stereocenters. The molecular formula is C25H21IN4O. The van der Waals surface area contributed by atoms with Gasteiger partial charge in [0, 0.05) is 14.7 Å². The van der Waals surface area contributed by atoms with E-state index in [0.717, 1.165) is 22.8 Å². The number of fused-ring (bicyclic) bond motifs is 3. The first-order valence-electron chi connectivity index (χ1n) is 10.6. The van der Waals surface area contributed by atoms with Crippen LogP contribution in [-0.2, 0) is 0 Å². The average Bonchev–Trinajstić information content (AvgIpc) is 3.39. The lowest BCUT2D eigenvalue weighted by Gasteiger charge is -2.27. The molecular weight excluding hydrogens is 499 g/mol. The standard InChI is InChI=1S/C25H21IN4O/c1-15-25-24(22-12-27-14-31-22)28-13-30(25)21-10-9-17(16-5-4-6-16)11-19(21)23(29-15)18-7-2-3-8-20(18)26/h2-3,7-16H,4-6H2,1H3/t15-/m1/s1. The van der Waals surface area contributed by atoms with Crippen molar-refractivity contribution >= 4 is 28.3 Å². The Hall–Kier alpha value is -2.74. The molecule has 1 aliphatic heterocycles. The van der Waals surface area contributed by atoms with Crippen LogP contribution in [0.15, 0.2) is 70.8 Å². The number of oxazole rings is 1. The maximum Gasteiger partial charge on any atom is 0.181 e. The lowest BCUT2D eigenvalue weighted by molar-refractivity contribution is 0.419. The molecule has 1 saturated carbocycles. The van der Waals surface area contributed by atoms with Gasteiger partial charge >= 0.3 is 0 Å². The van der Waals surface area contributed by atoms with E-state index in [2.05, 4.69) is 86.5 Å². The van der Waals surface area contributed by atoms with E-state index in [1.54, 1.807) is 6.20 Å². The summed E-state index contributed by atoms with van der Waals surface area (Å²) in [5.41, 5.74) is 7.72. The summed E-state index contributed by atoms with van der Waals surface area (Å²) >= 11 is 2.41. The van der Waals surface area contributed by atoms with Crippen LogP contribution in [0.3, 0.4) is 0 Å². The molecule has 3 heterocycles. The van der Waals surface area contributed by atoms with Crippen molar-refractivity contribution in [3.8, 4) is 17.1 Å². The summed E-state index contributed by atoms with van der Waals surface area (Å²) in [5, 5.41) is 0. The van der Waals surface area contributed by atoms with Crippen molar-refractivity contribution < 1.29 is 4.42 Å². The fraction of sp³-hybridized carbons (Fsp3) is 0.240. The molecule has 1 fully saturated rings. The second-order valence-corrected chi connectivity index (χ2v) is 9.41. The smallest absolute Gasteiger partial charge is 0.181 e. The minimum Gasteiger partial charge on any atom is -0.442 e. The van der Waals surface area contributed by atoms with Crippen LogP contribution in [0.1, 0.15) is 60.5 Å². The van der Waals surface area contributed by atoms with Gasteiger partial charge in [0.25, 0.3) is 0 Å². The molecule has 6 rings (SSSR count). The Balaban J connectivity index is 1.62. The number of aliphatic imine (C=N–C) groups is 1. The molecule has 0 radical (unpaired) electrons. The van der Waals surface area contributed by atoms with Gasteiger partial charge in [0.2, 0.25) is 0 Å². The number of halogens is 1. The summed E-state index contributed by atoms with van der Waals surface area (Å²) in [7, 11) is 0. The molecule has 0 saturated heterocycles. The van der Waals surface area contributed by atoms with Gasteiger partial charge in [0.05, 0.1) is 29.3 Å². The summed E-state index contributed by atoms with van der Waals surface area (Å²) in [4.78, 5) is 14.0. The molecule has 0 N–H and O–H groups in total. The third-order valence-corrected chi connectivity index (χ3v) is 7.37. The second-order valence-electron chi connectivity index (χ2n) is 8.25. The summed E-state index contributed by atoms with van der Waals surface area (Å²) in [6.07, 6.45) is 8.92. The van der Waals surface area contributed by atoms with Crippen molar-refractivity contribution in [1.82, 2.24) is 14.5 Å². The van der Waals surface area contributed by atoms with E-state index in [0.29, 0.717) is 11.7 Å². The lowest BCUT2D eigenvalue weighted by Crippen LogP contribution is -2.13.